The Morgan fingerprint density at radius 2 is 1.76 bits per heavy atom. The van der Waals surface area contributed by atoms with Crippen LogP contribution in [-0.4, -0.2) is 33.0 Å². The Morgan fingerprint density at radius 1 is 1.00 bits per heavy atom. The molecule has 108 valence electrons. The van der Waals surface area contributed by atoms with Crippen molar-refractivity contribution in [3.63, 3.8) is 0 Å². The van der Waals surface area contributed by atoms with Crippen molar-refractivity contribution in [2.45, 2.75) is 31.6 Å². The highest BCUT2D eigenvalue weighted by molar-refractivity contribution is 5.37. The predicted octanol–water partition coefficient (Wildman–Crippen LogP) is 1.89. The van der Waals surface area contributed by atoms with Crippen molar-refractivity contribution in [3.8, 4) is 0 Å². The zero-order valence-electron chi connectivity index (χ0n) is 11.7. The van der Waals surface area contributed by atoms with Crippen LogP contribution in [0.25, 0.3) is 0 Å². The van der Waals surface area contributed by atoms with Crippen LogP contribution in [0.2, 0.25) is 0 Å². The summed E-state index contributed by atoms with van der Waals surface area (Å²) < 4.78 is 12.9. The lowest BCUT2D eigenvalue weighted by atomic mass is 10.0. The van der Waals surface area contributed by atoms with Gasteiger partial charge in [0.1, 0.15) is 6.33 Å². The largest absolute Gasteiger partial charge is 0.340 e. The molecule has 0 aromatic carbocycles. The number of halogens is 1. The smallest absolute Gasteiger partial charge is 0.225 e. The molecule has 0 unspecified atom stereocenters. The first-order valence-electron chi connectivity index (χ1n) is 7.36. The van der Waals surface area contributed by atoms with Gasteiger partial charge in [0.15, 0.2) is 5.82 Å². The van der Waals surface area contributed by atoms with Crippen LogP contribution in [0.4, 0.5) is 10.3 Å². The molecule has 2 aromatic rings. The van der Waals surface area contributed by atoms with Crippen molar-refractivity contribution in [1.29, 1.82) is 0 Å². The number of nitrogens with zero attached hydrogens (tertiary/aromatic N) is 5. The number of aromatic nitrogens is 4. The minimum absolute atomic E-state index is 0.404. The summed E-state index contributed by atoms with van der Waals surface area (Å²) in [7, 11) is 0. The molecule has 2 aliphatic rings. The second-order valence-electron chi connectivity index (χ2n) is 5.65. The molecule has 1 saturated carbocycles. The minimum Gasteiger partial charge on any atom is -0.340 e. The zero-order chi connectivity index (χ0) is 14.2. The lowest BCUT2D eigenvalue weighted by Crippen LogP contribution is -2.27. The molecule has 0 spiro atoms. The fourth-order valence-electron chi connectivity index (χ4n) is 2.93. The molecule has 0 bridgehead atoms. The van der Waals surface area contributed by atoms with Gasteiger partial charge in [-0.25, -0.2) is 24.3 Å². The van der Waals surface area contributed by atoms with E-state index < -0.39 is 5.82 Å². The Morgan fingerprint density at radius 3 is 2.52 bits per heavy atom. The van der Waals surface area contributed by atoms with Gasteiger partial charge in [-0.3, -0.25) is 0 Å². The monoisotopic (exact) mass is 285 g/mol. The lowest BCUT2D eigenvalue weighted by molar-refractivity contribution is 0.610. The van der Waals surface area contributed by atoms with Gasteiger partial charge >= 0.3 is 0 Å². The Bertz CT molecular complexity index is 654. The average molecular weight is 285 g/mol. The van der Waals surface area contributed by atoms with Crippen molar-refractivity contribution >= 4 is 5.95 Å². The van der Waals surface area contributed by atoms with E-state index >= 15 is 0 Å². The molecule has 4 rings (SSSR count). The Balaban J connectivity index is 1.59. The maximum absolute atomic E-state index is 12.9. The molecule has 0 radical (unpaired) electrons. The molecule has 1 aliphatic heterocycles. The summed E-state index contributed by atoms with van der Waals surface area (Å²) in [4.78, 5) is 19.2. The highest BCUT2D eigenvalue weighted by Gasteiger charge is 2.30. The summed E-state index contributed by atoms with van der Waals surface area (Å²) >= 11 is 0. The third-order valence-corrected chi connectivity index (χ3v) is 4.17. The first kappa shape index (κ1) is 12.6. The van der Waals surface area contributed by atoms with Crippen molar-refractivity contribution < 1.29 is 4.39 Å². The summed E-state index contributed by atoms with van der Waals surface area (Å²) in [5, 5.41) is 0. The van der Waals surface area contributed by atoms with Crippen molar-refractivity contribution in [2.75, 3.05) is 18.0 Å². The molecule has 0 atom stereocenters. The fraction of sp³-hybridized carbons (Fsp3) is 0.467. The SMILES string of the molecule is Fc1cnc(N2CCc3ncnc(C4CC4)c3CC2)nc1. The quantitative estimate of drug-likeness (QED) is 0.843. The molecule has 1 fully saturated rings. The van der Waals surface area contributed by atoms with E-state index in [1.807, 2.05) is 0 Å². The van der Waals surface area contributed by atoms with Crippen LogP contribution in [0.5, 0.6) is 0 Å². The molecule has 3 heterocycles. The van der Waals surface area contributed by atoms with Crippen LogP contribution in [0, 0.1) is 5.82 Å². The van der Waals surface area contributed by atoms with Gasteiger partial charge < -0.3 is 4.90 Å². The first-order valence-corrected chi connectivity index (χ1v) is 7.36. The van der Waals surface area contributed by atoms with Crippen LogP contribution < -0.4 is 4.90 Å². The Hall–Kier alpha value is -2.11. The number of hydrogen-bond acceptors (Lipinski definition) is 5. The van der Waals surface area contributed by atoms with Gasteiger partial charge in [-0.15, -0.1) is 0 Å². The first-order chi connectivity index (χ1) is 10.3. The van der Waals surface area contributed by atoms with Gasteiger partial charge in [0, 0.05) is 31.1 Å². The summed E-state index contributed by atoms with van der Waals surface area (Å²) in [6.07, 6.45) is 8.38. The van der Waals surface area contributed by atoms with Crippen molar-refractivity contribution in [3.05, 3.63) is 41.5 Å². The number of rotatable bonds is 2. The molecule has 0 amide bonds. The Labute approximate surface area is 122 Å². The van der Waals surface area contributed by atoms with E-state index in [0.29, 0.717) is 11.9 Å². The third-order valence-electron chi connectivity index (χ3n) is 4.17. The van der Waals surface area contributed by atoms with Gasteiger partial charge in [-0.2, -0.15) is 0 Å². The van der Waals surface area contributed by atoms with Crippen LogP contribution in [0.3, 0.4) is 0 Å². The maximum Gasteiger partial charge on any atom is 0.225 e. The van der Waals surface area contributed by atoms with E-state index in [1.165, 1.54) is 36.5 Å². The van der Waals surface area contributed by atoms with Crippen LogP contribution >= 0.6 is 0 Å². The maximum atomic E-state index is 12.9. The highest BCUT2D eigenvalue weighted by atomic mass is 19.1. The van der Waals surface area contributed by atoms with Gasteiger partial charge in [0.25, 0.3) is 0 Å². The normalized spacial score (nSPS) is 18.2. The average Bonchev–Trinajstić information content (AvgIpc) is 3.34. The topological polar surface area (TPSA) is 54.8 Å². The van der Waals surface area contributed by atoms with E-state index in [2.05, 4.69) is 24.8 Å². The molecule has 5 nitrogen and oxygen atoms in total. The summed E-state index contributed by atoms with van der Waals surface area (Å²) in [5.74, 6) is 0.819. The molecule has 0 N–H and O–H groups in total. The second kappa shape index (κ2) is 5.02. The van der Waals surface area contributed by atoms with Gasteiger partial charge in [-0.05, 0) is 24.8 Å². The summed E-state index contributed by atoms with van der Waals surface area (Å²) in [5.41, 5.74) is 3.70. The molecular weight excluding hydrogens is 269 g/mol. The minimum atomic E-state index is -0.404. The predicted molar refractivity (Wildman–Crippen MR) is 75.6 cm³/mol. The molecule has 6 heteroatoms. The fourth-order valence-corrected chi connectivity index (χ4v) is 2.93. The Kier molecular flexibility index (Phi) is 3.02. The van der Waals surface area contributed by atoms with Gasteiger partial charge in [0.2, 0.25) is 5.95 Å². The number of anilines is 1. The summed E-state index contributed by atoms with van der Waals surface area (Å²) in [6.45, 7) is 1.63. The number of hydrogen-bond donors (Lipinski definition) is 0. The van der Waals surface area contributed by atoms with E-state index in [-0.39, 0.29) is 0 Å². The van der Waals surface area contributed by atoms with Crippen molar-refractivity contribution in [1.82, 2.24) is 19.9 Å². The van der Waals surface area contributed by atoms with Crippen molar-refractivity contribution in [2.24, 2.45) is 0 Å². The van der Waals surface area contributed by atoms with Crippen LogP contribution in [0.15, 0.2) is 18.7 Å². The molecule has 1 aliphatic carbocycles. The van der Waals surface area contributed by atoms with E-state index in [0.717, 1.165) is 31.6 Å². The third kappa shape index (κ3) is 2.46. The molecule has 21 heavy (non-hydrogen) atoms. The lowest BCUT2D eigenvalue weighted by Gasteiger charge is -2.19. The van der Waals surface area contributed by atoms with E-state index in [9.17, 15) is 4.39 Å². The van der Waals surface area contributed by atoms with E-state index in [1.54, 1.807) is 6.33 Å². The number of fused-ring (bicyclic) bond motifs is 1. The van der Waals surface area contributed by atoms with Gasteiger partial charge in [0.05, 0.1) is 18.1 Å². The van der Waals surface area contributed by atoms with Gasteiger partial charge in [-0.1, -0.05) is 0 Å². The molecule has 2 aromatic heterocycles. The van der Waals surface area contributed by atoms with Crippen LogP contribution in [-0.2, 0) is 12.8 Å². The highest BCUT2D eigenvalue weighted by Crippen LogP contribution is 2.41. The van der Waals surface area contributed by atoms with Crippen LogP contribution in [0.1, 0.15) is 35.7 Å². The van der Waals surface area contributed by atoms with E-state index in [4.69, 9.17) is 0 Å². The standard InChI is InChI=1S/C15H16FN5/c16-11-7-17-15(18-8-11)21-5-3-12-13(4-6-21)19-9-20-14(12)10-1-2-10/h7-10H,1-6H2. The molecule has 0 saturated heterocycles. The second-order valence-corrected chi connectivity index (χ2v) is 5.65. The summed E-state index contributed by atoms with van der Waals surface area (Å²) in [6, 6.07) is 0. The zero-order valence-corrected chi connectivity index (χ0v) is 11.7. The molecular formula is C15H16FN5.